The molecule has 0 unspecified atom stereocenters. The highest BCUT2D eigenvalue weighted by Crippen LogP contribution is 2.39. The number of hydrogen-bond donors (Lipinski definition) is 5. The molecule has 264 valence electrons. The van der Waals surface area contributed by atoms with Gasteiger partial charge in [-0.05, 0) is 65.9 Å². The van der Waals surface area contributed by atoms with Crippen LogP contribution in [-0.4, -0.2) is 57.9 Å². The number of carbonyl (C=O) groups excluding carboxylic acids is 2. The first kappa shape index (κ1) is 36.9. The first-order valence-electron chi connectivity index (χ1n) is 17.1. The zero-order chi connectivity index (χ0) is 35.5. The molecule has 0 saturated carbocycles. The van der Waals surface area contributed by atoms with Gasteiger partial charge in [-0.1, -0.05) is 91.0 Å². The van der Waals surface area contributed by atoms with Crippen molar-refractivity contribution in [1.29, 1.82) is 0 Å². The van der Waals surface area contributed by atoms with Crippen LogP contribution in [0.25, 0.3) is 11.1 Å². The van der Waals surface area contributed by atoms with Crippen molar-refractivity contribution in [2.75, 3.05) is 13.6 Å². The second-order valence-electron chi connectivity index (χ2n) is 12.9. The molecule has 4 aromatic carbocycles. The van der Waals surface area contributed by atoms with Crippen molar-refractivity contribution < 1.29 is 34.5 Å². The van der Waals surface area contributed by atoms with Gasteiger partial charge in [0.25, 0.3) is 0 Å². The van der Waals surface area contributed by atoms with Gasteiger partial charge < -0.3 is 25.0 Å². The number of benzene rings is 4. The van der Waals surface area contributed by atoms with Gasteiger partial charge in [0.05, 0.1) is 24.9 Å². The van der Waals surface area contributed by atoms with Crippen LogP contribution in [0.5, 0.6) is 0 Å². The molecule has 10 nitrogen and oxygen atoms in total. The first-order chi connectivity index (χ1) is 24.2. The van der Waals surface area contributed by atoms with E-state index in [1.54, 1.807) is 5.48 Å². The number of rotatable bonds is 15. The van der Waals surface area contributed by atoms with E-state index in [9.17, 15) is 19.8 Å². The average molecular weight is 682 g/mol. The van der Waals surface area contributed by atoms with Crippen molar-refractivity contribution in [3.8, 4) is 11.1 Å². The Hall–Kier alpha value is -4.42. The van der Waals surface area contributed by atoms with E-state index in [4.69, 9.17) is 14.7 Å². The highest BCUT2D eigenvalue weighted by Gasteiger charge is 2.34. The summed E-state index contributed by atoms with van der Waals surface area (Å²) in [5, 5.41) is 32.2. The van der Waals surface area contributed by atoms with Crippen LogP contribution in [0.1, 0.15) is 78.9 Å². The van der Waals surface area contributed by atoms with E-state index >= 15 is 0 Å². The average Bonchev–Trinajstić information content (AvgIpc) is 3.16. The van der Waals surface area contributed by atoms with Crippen molar-refractivity contribution in [3.05, 3.63) is 131 Å². The molecule has 2 amide bonds. The van der Waals surface area contributed by atoms with Crippen LogP contribution >= 0.6 is 0 Å². The van der Waals surface area contributed by atoms with Crippen LogP contribution in [0.2, 0.25) is 0 Å². The van der Waals surface area contributed by atoms with Crippen molar-refractivity contribution >= 4 is 11.8 Å². The molecule has 0 spiro atoms. The first-order valence-corrected chi connectivity index (χ1v) is 17.1. The van der Waals surface area contributed by atoms with Gasteiger partial charge in [0.1, 0.15) is 0 Å². The third-order valence-corrected chi connectivity index (χ3v) is 9.24. The normalized spacial score (nSPS) is 18.7. The molecular weight excluding hydrogens is 634 g/mol. The Labute approximate surface area is 293 Å². The Kier molecular flexibility index (Phi) is 13.3. The van der Waals surface area contributed by atoms with Gasteiger partial charge in [-0.2, -0.15) is 0 Å². The van der Waals surface area contributed by atoms with Gasteiger partial charge in [0.2, 0.25) is 11.8 Å². The predicted molar refractivity (Wildman–Crippen MR) is 189 cm³/mol. The molecule has 1 heterocycles. The SMILES string of the molecule is C[C@H]([C@@H](O)c1ccccc1)N(C)C[C@@H]1C[C@H](c2ccc(CO)cc2)O[C@H](c2cccc(-c3cccc(CNC(=O)CCCC(=O)NO)c3)c2)O1. The molecule has 1 saturated heterocycles. The van der Waals surface area contributed by atoms with E-state index in [0.717, 1.165) is 38.9 Å². The minimum absolute atomic E-state index is 0.0293. The zero-order valence-corrected chi connectivity index (χ0v) is 28.6. The second-order valence-corrected chi connectivity index (χ2v) is 12.9. The molecule has 50 heavy (non-hydrogen) atoms. The number of aliphatic hydroxyl groups excluding tert-OH is 2. The number of likely N-dealkylation sites (N-methyl/N-ethyl adjacent to an activating group) is 1. The van der Waals surface area contributed by atoms with Crippen LogP contribution in [0.15, 0.2) is 103 Å². The summed E-state index contributed by atoms with van der Waals surface area (Å²) in [7, 11) is 2.00. The van der Waals surface area contributed by atoms with E-state index in [1.807, 2.05) is 111 Å². The number of hydroxylamine groups is 1. The molecule has 0 radical (unpaired) electrons. The molecule has 1 aliphatic heterocycles. The fraction of sp³-hybridized carbons (Fsp3) is 0.350. The largest absolute Gasteiger partial charge is 0.392 e. The minimum Gasteiger partial charge on any atom is -0.392 e. The predicted octanol–water partition coefficient (Wildman–Crippen LogP) is 5.74. The van der Waals surface area contributed by atoms with Gasteiger partial charge >= 0.3 is 0 Å². The fourth-order valence-corrected chi connectivity index (χ4v) is 6.17. The van der Waals surface area contributed by atoms with Crippen molar-refractivity contribution in [2.24, 2.45) is 0 Å². The van der Waals surface area contributed by atoms with Crippen LogP contribution in [0, 0.1) is 0 Å². The molecule has 4 aromatic rings. The number of aliphatic hydroxyl groups is 2. The summed E-state index contributed by atoms with van der Waals surface area (Å²) in [5.74, 6) is -0.681. The third-order valence-electron chi connectivity index (χ3n) is 9.24. The molecule has 0 bridgehead atoms. The highest BCUT2D eigenvalue weighted by molar-refractivity contribution is 5.78. The molecule has 5 N–H and O–H groups in total. The smallest absolute Gasteiger partial charge is 0.243 e. The molecule has 0 aliphatic carbocycles. The zero-order valence-electron chi connectivity index (χ0n) is 28.6. The Morgan fingerprint density at radius 2 is 1.54 bits per heavy atom. The van der Waals surface area contributed by atoms with E-state index in [-0.39, 0.29) is 43.6 Å². The maximum absolute atomic E-state index is 12.3. The number of hydrogen-bond acceptors (Lipinski definition) is 8. The standard InChI is InChI=1S/C40H47N3O7/c1-27(39(47)31-10-4-3-5-11-31)43(2)25-35-23-36(30-19-17-28(26-44)18-20-30)50-40(49-35)34-14-7-13-33(22-34)32-12-6-9-29(21-32)24-41-37(45)15-8-16-38(46)42-48/h3-7,9-14,17-22,27,35-36,39-40,44,47-48H,8,15-16,23-26H2,1-2H3,(H,41,45)(H,42,46)/t27-,35+,36-,39-,40-/m1/s1. The summed E-state index contributed by atoms with van der Waals surface area (Å²) in [4.78, 5) is 25.6. The second kappa shape index (κ2) is 18.0. The number of nitrogens with zero attached hydrogens (tertiary/aromatic N) is 1. The van der Waals surface area contributed by atoms with E-state index in [0.29, 0.717) is 25.9 Å². The lowest BCUT2D eigenvalue weighted by molar-refractivity contribution is -0.253. The summed E-state index contributed by atoms with van der Waals surface area (Å²) < 4.78 is 13.3. The molecule has 1 fully saturated rings. The molecule has 5 rings (SSSR count). The minimum atomic E-state index is -0.653. The van der Waals surface area contributed by atoms with Crippen LogP contribution in [-0.2, 0) is 32.2 Å². The molecule has 10 heteroatoms. The van der Waals surface area contributed by atoms with Gasteiger partial charge in [0.15, 0.2) is 6.29 Å². The van der Waals surface area contributed by atoms with E-state index in [2.05, 4.69) is 16.3 Å². The van der Waals surface area contributed by atoms with Gasteiger partial charge in [0, 0.05) is 44.0 Å². The Balaban J connectivity index is 1.30. The molecule has 5 atom stereocenters. The molecule has 0 aromatic heterocycles. The Bertz CT molecular complexity index is 1680. The van der Waals surface area contributed by atoms with E-state index < -0.39 is 18.3 Å². The summed E-state index contributed by atoms with van der Waals surface area (Å²) in [5.41, 5.74) is 8.03. The van der Waals surface area contributed by atoms with Gasteiger partial charge in [-0.25, -0.2) is 5.48 Å². The topological polar surface area (TPSA) is 141 Å². The lowest BCUT2D eigenvalue weighted by atomic mass is 9.97. The third kappa shape index (κ3) is 10.1. The van der Waals surface area contributed by atoms with Crippen LogP contribution in [0.4, 0.5) is 0 Å². The maximum atomic E-state index is 12.3. The monoisotopic (exact) mass is 681 g/mol. The fourth-order valence-electron chi connectivity index (χ4n) is 6.17. The number of ether oxygens (including phenoxy) is 2. The van der Waals surface area contributed by atoms with Crippen LogP contribution < -0.4 is 10.8 Å². The van der Waals surface area contributed by atoms with Gasteiger partial charge in [-0.3, -0.25) is 19.7 Å². The molecule has 1 aliphatic rings. The van der Waals surface area contributed by atoms with Crippen molar-refractivity contribution in [2.45, 2.75) is 76.4 Å². The van der Waals surface area contributed by atoms with Crippen molar-refractivity contribution in [1.82, 2.24) is 15.7 Å². The maximum Gasteiger partial charge on any atom is 0.243 e. The lowest BCUT2D eigenvalue weighted by Crippen LogP contribution is -2.43. The summed E-state index contributed by atoms with van der Waals surface area (Å²) in [6, 6.07) is 33.3. The lowest BCUT2D eigenvalue weighted by Gasteiger charge is -2.39. The number of carbonyl (C=O) groups is 2. The Morgan fingerprint density at radius 3 is 2.26 bits per heavy atom. The molecular formula is C40H47N3O7. The quantitative estimate of drug-likeness (QED) is 0.0791. The summed E-state index contributed by atoms with van der Waals surface area (Å²) in [6.07, 6.45) is -0.509. The summed E-state index contributed by atoms with van der Waals surface area (Å²) in [6.45, 7) is 2.91. The Morgan fingerprint density at radius 1 is 0.840 bits per heavy atom. The number of amides is 2. The highest BCUT2D eigenvalue weighted by atomic mass is 16.7. The van der Waals surface area contributed by atoms with Crippen LogP contribution in [0.3, 0.4) is 0 Å². The van der Waals surface area contributed by atoms with Crippen molar-refractivity contribution in [3.63, 3.8) is 0 Å². The summed E-state index contributed by atoms with van der Waals surface area (Å²) >= 11 is 0. The number of nitrogens with one attached hydrogen (secondary N) is 2. The van der Waals surface area contributed by atoms with Gasteiger partial charge in [-0.15, -0.1) is 0 Å². The van der Waals surface area contributed by atoms with E-state index in [1.165, 1.54) is 0 Å².